The van der Waals surface area contributed by atoms with Crippen LogP contribution >= 0.6 is 0 Å². The molecule has 0 N–H and O–H groups in total. The highest BCUT2D eigenvalue weighted by Crippen LogP contribution is 2.46. The Hall–Kier alpha value is -6.96. The minimum Gasteiger partial charge on any atom is -0.456 e. The minimum atomic E-state index is -0.403. The molecule has 0 amide bonds. The van der Waals surface area contributed by atoms with E-state index in [2.05, 4.69) is 36.4 Å². The second kappa shape index (κ2) is 11.8. The summed E-state index contributed by atoms with van der Waals surface area (Å²) in [6, 6.07) is 47.7. The molecule has 53 heavy (non-hydrogen) atoms. The van der Waals surface area contributed by atoms with Crippen LogP contribution in [-0.4, -0.2) is 0 Å². The molecule has 0 atom stereocenters. The molecule has 11 aromatic rings. The summed E-state index contributed by atoms with van der Waals surface area (Å²) < 4.78 is 72.5. The van der Waals surface area contributed by atoms with Gasteiger partial charge >= 0.3 is 0 Å². The van der Waals surface area contributed by atoms with Gasteiger partial charge in [0, 0.05) is 10.8 Å². The van der Waals surface area contributed by atoms with Crippen LogP contribution in [0.2, 0.25) is 0 Å². The maximum Gasteiger partial charge on any atom is 0.136 e. The fraction of sp³-hybridized carbons (Fsp3) is 0. The summed E-state index contributed by atoms with van der Waals surface area (Å²) >= 11 is 0. The van der Waals surface area contributed by atoms with Crippen LogP contribution in [-0.2, 0) is 0 Å². The van der Waals surface area contributed by atoms with Crippen LogP contribution in [0.1, 0.15) is 9.60 Å². The predicted molar refractivity (Wildman–Crippen MR) is 225 cm³/mol. The van der Waals surface area contributed by atoms with E-state index in [0.29, 0.717) is 44.4 Å². The van der Waals surface area contributed by atoms with Gasteiger partial charge in [-0.2, -0.15) is 0 Å². The lowest BCUT2D eigenvalue weighted by molar-refractivity contribution is 0.669. The van der Waals surface area contributed by atoms with E-state index in [1.807, 2.05) is 115 Å². The number of hydrogen-bond donors (Lipinski definition) is 0. The van der Waals surface area contributed by atoms with Crippen molar-refractivity contribution in [2.75, 3.05) is 0 Å². The fourth-order valence-electron chi connectivity index (χ4n) is 7.86. The van der Waals surface area contributed by atoms with Gasteiger partial charge in [-0.1, -0.05) is 158 Å². The van der Waals surface area contributed by atoms with Crippen molar-refractivity contribution in [1.29, 1.82) is 0 Å². The largest absolute Gasteiger partial charge is 0.456 e. The molecule has 1 nitrogen and oxygen atoms in total. The van der Waals surface area contributed by atoms with E-state index in [1.54, 1.807) is 0 Å². The molecule has 1 aromatic heterocycles. The zero-order chi connectivity index (χ0) is 41.0. The van der Waals surface area contributed by atoms with Crippen molar-refractivity contribution in [3.05, 3.63) is 194 Å². The molecule has 0 fully saturated rings. The van der Waals surface area contributed by atoms with Crippen molar-refractivity contribution in [3.63, 3.8) is 0 Å². The smallest absolute Gasteiger partial charge is 0.136 e. The van der Waals surface area contributed by atoms with Crippen molar-refractivity contribution in [2.24, 2.45) is 0 Å². The molecule has 246 valence electrons. The topological polar surface area (TPSA) is 13.1 Å². The van der Waals surface area contributed by atoms with Gasteiger partial charge in [0.05, 0.1) is 9.60 Å². The van der Waals surface area contributed by atoms with Crippen molar-refractivity contribution in [3.8, 4) is 44.5 Å². The summed E-state index contributed by atoms with van der Waals surface area (Å²) in [5.74, 6) is 0. The van der Waals surface area contributed by atoms with E-state index in [1.165, 1.54) is 0 Å². The van der Waals surface area contributed by atoms with Crippen molar-refractivity contribution in [2.45, 2.75) is 0 Å². The molecule has 11 rings (SSSR count). The molecule has 0 bridgehead atoms. The Bertz CT molecular complexity index is 3610. The van der Waals surface area contributed by atoms with Crippen LogP contribution in [0.4, 0.5) is 0 Å². The molecule has 1 heterocycles. The van der Waals surface area contributed by atoms with Crippen LogP contribution < -0.4 is 0 Å². The molecule has 0 aliphatic rings. The quantitative estimate of drug-likeness (QED) is 0.169. The minimum absolute atomic E-state index is 0.00122. The average molecular weight is 680 g/mol. The van der Waals surface area contributed by atoms with Gasteiger partial charge in [0.1, 0.15) is 11.2 Å². The van der Waals surface area contributed by atoms with Gasteiger partial charge in [0.2, 0.25) is 0 Å². The number of benzene rings is 10. The highest BCUT2D eigenvalue weighted by atomic mass is 16.3. The molecule has 0 unspecified atom stereocenters. The Morgan fingerprint density at radius 2 is 0.887 bits per heavy atom. The van der Waals surface area contributed by atoms with Gasteiger partial charge in [-0.3, -0.25) is 0 Å². The third kappa shape index (κ3) is 4.86. The molecule has 0 radical (unpaired) electrons. The first kappa shape index (κ1) is 23.5. The summed E-state index contributed by atoms with van der Waals surface area (Å²) in [7, 11) is 0. The number of hydrogen-bond acceptors (Lipinski definition) is 1. The van der Waals surface area contributed by atoms with E-state index in [4.69, 9.17) is 7.16 Å². The zero-order valence-corrected chi connectivity index (χ0v) is 28.3. The van der Waals surface area contributed by atoms with Crippen LogP contribution in [0, 0.1) is 0 Å². The Labute approximate surface area is 316 Å². The monoisotopic (exact) mass is 679 g/mol. The van der Waals surface area contributed by atoms with Crippen LogP contribution in [0.5, 0.6) is 0 Å². The standard InChI is InChI=1S/C52H32O/c1-2-10-33(11-3-1)41-24-26-45-48(30-41)52(42-25-27-49-46(31-42)47-29-38-14-6-7-15-39(38)32-50(47)53-49)44-17-9-8-16-43(44)51(45)36-21-18-35(19-22-36)40-23-20-34-12-4-5-13-37(34)28-40/h1-32H/i8D,9D,16D,17D,24D,26D,30D. The molecule has 1 heteroatoms. The predicted octanol–water partition coefficient (Wildman–Crippen LogP) is 14.9. The van der Waals surface area contributed by atoms with Gasteiger partial charge < -0.3 is 4.42 Å². The zero-order valence-electron chi connectivity index (χ0n) is 35.3. The first-order valence-corrected chi connectivity index (χ1v) is 17.7. The number of fused-ring (bicyclic) bond motifs is 7. The van der Waals surface area contributed by atoms with Gasteiger partial charge in [-0.25, -0.2) is 0 Å². The van der Waals surface area contributed by atoms with Crippen LogP contribution in [0.15, 0.2) is 198 Å². The SMILES string of the molecule is [2H]c1c([2H])c([2H])c2c(-c3ccc4oc5cc6ccccc6cc5c4c3)c3c([2H])c(-c4ccccc4)c([2H])c([2H])c3c(-c3ccc(-c4ccc5ccccc5c4)cc3)c2c1[2H]. The lowest BCUT2D eigenvalue weighted by Crippen LogP contribution is -1.92. The van der Waals surface area contributed by atoms with E-state index < -0.39 is 12.1 Å². The second-order valence-corrected chi connectivity index (χ2v) is 13.5. The summed E-state index contributed by atoms with van der Waals surface area (Å²) in [4.78, 5) is 0. The highest BCUT2D eigenvalue weighted by molar-refractivity contribution is 6.23. The molecule has 0 spiro atoms. The molecule has 0 aliphatic heterocycles. The lowest BCUT2D eigenvalue weighted by Gasteiger charge is -2.19. The van der Waals surface area contributed by atoms with Gasteiger partial charge in [0.25, 0.3) is 0 Å². The fourth-order valence-corrected chi connectivity index (χ4v) is 7.86. The Kier molecular flexibility index (Phi) is 5.23. The highest BCUT2D eigenvalue weighted by Gasteiger charge is 2.19. The van der Waals surface area contributed by atoms with E-state index >= 15 is 0 Å². The second-order valence-electron chi connectivity index (χ2n) is 13.5. The number of furan rings is 1. The Balaban J connectivity index is 1.28. The summed E-state index contributed by atoms with van der Waals surface area (Å²) in [5, 5.41) is 7.09. The molecule has 0 saturated carbocycles. The molecule has 0 aliphatic carbocycles. The van der Waals surface area contributed by atoms with Gasteiger partial charge in [0.15, 0.2) is 0 Å². The summed E-state index contributed by atoms with van der Waals surface area (Å²) in [6.07, 6.45) is 0. The van der Waals surface area contributed by atoms with Crippen molar-refractivity contribution >= 4 is 65.0 Å². The molecule has 0 saturated heterocycles. The van der Waals surface area contributed by atoms with Gasteiger partial charge in [-0.15, -0.1) is 0 Å². The summed E-state index contributed by atoms with van der Waals surface area (Å²) in [6.45, 7) is 0. The molecular formula is C52H32O. The maximum absolute atomic E-state index is 10.0. The lowest BCUT2D eigenvalue weighted by atomic mass is 9.84. The normalized spacial score (nSPS) is 13.6. The Morgan fingerprint density at radius 3 is 1.66 bits per heavy atom. The number of rotatable bonds is 4. The van der Waals surface area contributed by atoms with Crippen molar-refractivity contribution < 1.29 is 14.0 Å². The third-order valence-corrected chi connectivity index (χ3v) is 10.4. The average Bonchev–Trinajstić information content (AvgIpc) is 3.64. The maximum atomic E-state index is 10.0. The molecule has 10 aromatic carbocycles. The van der Waals surface area contributed by atoms with Crippen molar-refractivity contribution in [1.82, 2.24) is 0 Å². The third-order valence-electron chi connectivity index (χ3n) is 10.4. The van der Waals surface area contributed by atoms with E-state index in [0.717, 1.165) is 43.4 Å². The Morgan fingerprint density at radius 1 is 0.321 bits per heavy atom. The van der Waals surface area contributed by atoms with E-state index in [9.17, 15) is 6.85 Å². The van der Waals surface area contributed by atoms with Crippen LogP contribution in [0.25, 0.3) is 110 Å². The van der Waals surface area contributed by atoms with Crippen LogP contribution in [0.3, 0.4) is 0 Å². The van der Waals surface area contributed by atoms with E-state index in [-0.39, 0.29) is 51.9 Å². The van der Waals surface area contributed by atoms with Gasteiger partial charge in [-0.05, 0) is 124 Å². The first-order chi connectivity index (χ1) is 29.2. The summed E-state index contributed by atoms with van der Waals surface area (Å²) in [5.41, 5.74) is 6.18. The molecular weight excluding hydrogens is 641 g/mol. The first-order valence-electron chi connectivity index (χ1n) is 21.2.